The highest BCUT2D eigenvalue weighted by atomic mass is 16.3. The lowest BCUT2D eigenvalue weighted by Gasteiger charge is -1.99. The van der Waals surface area contributed by atoms with Crippen LogP contribution in [0.25, 0.3) is 0 Å². The zero-order valence-corrected chi connectivity index (χ0v) is 13.3. The summed E-state index contributed by atoms with van der Waals surface area (Å²) in [5.74, 6) is 0.274. The van der Waals surface area contributed by atoms with E-state index in [0.29, 0.717) is 5.56 Å². The standard InChI is InChI=1S/C13H10O.C8H8O2/c14-13(11-7-3-1-4-8-11)12-9-5-2-6-10-12;1-6(9)7-2-4-8(10)5-3-7/h1-10H;2-5,10H,1H3. The molecule has 0 fully saturated rings. The number of benzene rings is 3. The summed E-state index contributed by atoms with van der Waals surface area (Å²) in [7, 11) is 0. The number of phenolic OH excluding ortho intramolecular Hbond substituents is 1. The van der Waals surface area contributed by atoms with Gasteiger partial charge in [-0.05, 0) is 31.2 Å². The minimum Gasteiger partial charge on any atom is -0.508 e. The fourth-order valence-corrected chi connectivity index (χ4v) is 2.04. The summed E-state index contributed by atoms with van der Waals surface area (Å²) >= 11 is 0. The first-order chi connectivity index (χ1) is 11.6. The van der Waals surface area contributed by atoms with Gasteiger partial charge >= 0.3 is 0 Å². The van der Waals surface area contributed by atoms with Gasteiger partial charge in [-0.25, -0.2) is 0 Å². The predicted octanol–water partition coefficient (Wildman–Crippen LogP) is 4.51. The molecule has 0 amide bonds. The van der Waals surface area contributed by atoms with E-state index in [2.05, 4.69) is 0 Å². The Bertz CT molecular complexity index is 750. The second-order valence-corrected chi connectivity index (χ2v) is 5.16. The predicted molar refractivity (Wildman–Crippen MR) is 94.4 cm³/mol. The Kier molecular flexibility index (Phi) is 6.03. The lowest BCUT2D eigenvalue weighted by atomic mass is 10.0. The first-order valence-corrected chi connectivity index (χ1v) is 7.52. The fourth-order valence-electron chi connectivity index (χ4n) is 2.04. The third-order valence-electron chi connectivity index (χ3n) is 3.35. The van der Waals surface area contributed by atoms with Gasteiger partial charge in [0.25, 0.3) is 0 Å². The third-order valence-corrected chi connectivity index (χ3v) is 3.35. The quantitative estimate of drug-likeness (QED) is 0.723. The van der Waals surface area contributed by atoms with E-state index >= 15 is 0 Å². The van der Waals surface area contributed by atoms with Crippen molar-refractivity contribution in [2.24, 2.45) is 0 Å². The van der Waals surface area contributed by atoms with Crippen LogP contribution in [0.1, 0.15) is 33.2 Å². The molecule has 0 aromatic heterocycles. The first-order valence-electron chi connectivity index (χ1n) is 7.52. The average Bonchev–Trinajstić information content (AvgIpc) is 2.63. The molecule has 0 saturated heterocycles. The number of hydrogen-bond donors (Lipinski definition) is 1. The molecular formula is C21H18O3. The van der Waals surface area contributed by atoms with Crippen molar-refractivity contribution in [2.75, 3.05) is 0 Å². The number of carbonyl (C=O) groups is 2. The SMILES string of the molecule is CC(=O)c1ccc(O)cc1.O=C(c1ccccc1)c1ccccc1. The monoisotopic (exact) mass is 318 g/mol. The van der Waals surface area contributed by atoms with Gasteiger partial charge in [0.15, 0.2) is 11.6 Å². The van der Waals surface area contributed by atoms with Crippen molar-refractivity contribution in [2.45, 2.75) is 6.92 Å². The highest BCUT2D eigenvalue weighted by Crippen LogP contribution is 2.09. The molecule has 3 aromatic carbocycles. The molecule has 0 atom stereocenters. The van der Waals surface area contributed by atoms with Crippen LogP contribution in [0, 0.1) is 0 Å². The van der Waals surface area contributed by atoms with E-state index in [-0.39, 0.29) is 17.3 Å². The number of phenols is 1. The van der Waals surface area contributed by atoms with Crippen molar-refractivity contribution in [1.82, 2.24) is 0 Å². The van der Waals surface area contributed by atoms with Crippen molar-refractivity contribution in [1.29, 1.82) is 0 Å². The van der Waals surface area contributed by atoms with Gasteiger partial charge < -0.3 is 5.11 Å². The van der Waals surface area contributed by atoms with Crippen LogP contribution in [0.15, 0.2) is 84.9 Å². The molecule has 0 saturated carbocycles. The number of hydrogen-bond acceptors (Lipinski definition) is 3. The molecular weight excluding hydrogens is 300 g/mol. The second kappa shape index (κ2) is 8.44. The molecule has 0 bridgehead atoms. The topological polar surface area (TPSA) is 54.4 Å². The van der Waals surface area contributed by atoms with Crippen LogP contribution in [0.5, 0.6) is 5.75 Å². The Morgan fingerprint density at radius 1 is 0.625 bits per heavy atom. The Hall–Kier alpha value is -3.20. The smallest absolute Gasteiger partial charge is 0.193 e. The molecule has 1 N–H and O–H groups in total. The van der Waals surface area contributed by atoms with Crippen LogP contribution in [0.2, 0.25) is 0 Å². The van der Waals surface area contributed by atoms with E-state index in [0.717, 1.165) is 11.1 Å². The first kappa shape index (κ1) is 17.2. The fraction of sp³-hybridized carbons (Fsp3) is 0.0476. The highest BCUT2D eigenvalue weighted by Gasteiger charge is 2.06. The summed E-state index contributed by atoms with van der Waals surface area (Å²) in [6, 6.07) is 24.8. The molecule has 0 aliphatic carbocycles. The number of aromatic hydroxyl groups is 1. The van der Waals surface area contributed by atoms with Gasteiger partial charge in [-0.2, -0.15) is 0 Å². The van der Waals surface area contributed by atoms with Crippen molar-refractivity contribution >= 4 is 11.6 Å². The molecule has 3 nitrogen and oxygen atoms in total. The minimum absolute atomic E-state index is 0.0139. The second-order valence-electron chi connectivity index (χ2n) is 5.16. The number of carbonyl (C=O) groups excluding carboxylic acids is 2. The Morgan fingerprint density at radius 3 is 1.42 bits per heavy atom. The van der Waals surface area contributed by atoms with Crippen molar-refractivity contribution in [3.63, 3.8) is 0 Å². The van der Waals surface area contributed by atoms with E-state index in [1.54, 1.807) is 12.1 Å². The molecule has 3 rings (SSSR count). The Morgan fingerprint density at radius 2 is 1.04 bits per heavy atom. The molecule has 0 unspecified atom stereocenters. The highest BCUT2D eigenvalue weighted by molar-refractivity contribution is 6.08. The summed E-state index contributed by atoms with van der Waals surface area (Å²) in [6.07, 6.45) is 0. The maximum atomic E-state index is 11.8. The van der Waals surface area contributed by atoms with Crippen molar-refractivity contribution in [3.8, 4) is 5.75 Å². The van der Waals surface area contributed by atoms with Crippen molar-refractivity contribution in [3.05, 3.63) is 102 Å². The summed E-state index contributed by atoms with van der Waals surface area (Å²) in [5, 5.41) is 8.83. The number of rotatable bonds is 3. The Labute approximate surface area is 141 Å². The summed E-state index contributed by atoms with van der Waals surface area (Å²) in [5.41, 5.74) is 2.09. The van der Waals surface area contributed by atoms with Crippen LogP contribution in [-0.4, -0.2) is 16.7 Å². The molecule has 0 spiro atoms. The maximum absolute atomic E-state index is 11.8. The maximum Gasteiger partial charge on any atom is 0.193 e. The van der Waals surface area contributed by atoms with E-state index in [4.69, 9.17) is 5.11 Å². The number of Topliss-reactive ketones (excluding diaryl/α,β-unsaturated/α-hetero) is 1. The van der Waals surface area contributed by atoms with Crippen LogP contribution in [0.4, 0.5) is 0 Å². The minimum atomic E-state index is 0.0139. The molecule has 3 aromatic rings. The van der Waals surface area contributed by atoms with Crippen LogP contribution >= 0.6 is 0 Å². The van der Waals surface area contributed by atoms with Crippen LogP contribution in [0.3, 0.4) is 0 Å². The summed E-state index contributed by atoms with van der Waals surface area (Å²) in [6.45, 7) is 1.49. The third kappa shape index (κ3) is 4.92. The van der Waals surface area contributed by atoms with Crippen LogP contribution in [-0.2, 0) is 0 Å². The normalized spacial score (nSPS) is 9.54. The van der Waals surface area contributed by atoms with E-state index in [9.17, 15) is 9.59 Å². The summed E-state index contributed by atoms with van der Waals surface area (Å²) < 4.78 is 0. The lowest BCUT2D eigenvalue weighted by Crippen LogP contribution is -1.99. The largest absolute Gasteiger partial charge is 0.508 e. The van der Waals surface area contributed by atoms with Crippen LogP contribution < -0.4 is 0 Å². The van der Waals surface area contributed by atoms with Gasteiger partial charge in [0.05, 0.1) is 0 Å². The molecule has 0 radical (unpaired) electrons. The van der Waals surface area contributed by atoms with E-state index in [1.807, 2.05) is 60.7 Å². The van der Waals surface area contributed by atoms with Gasteiger partial charge in [-0.1, -0.05) is 60.7 Å². The molecule has 24 heavy (non-hydrogen) atoms. The molecule has 0 aliphatic heterocycles. The van der Waals surface area contributed by atoms with Gasteiger partial charge in [-0.3, -0.25) is 9.59 Å². The number of ketones is 2. The zero-order chi connectivity index (χ0) is 17.4. The lowest BCUT2D eigenvalue weighted by molar-refractivity contribution is 0.101. The van der Waals surface area contributed by atoms with Gasteiger partial charge in [-0.15, -0.1) is 0 Å². The molecule has 0 aliphatic rings. The van der Waals surface area contributed by atoms with Gasteiger partial charge in [0, 0.05) is 16.7 Å². The van der Waals surface area contributed by atoms with E-state index in [1.165, 1.54) is 19.1 Å². The molecule has 120 valence electrons. The molecule has 3 heteroatoms. The Balaban J connectivity index is 0.000000185. The summed E-state index contributed by atoms with van der Waals surface area (Å²) in [4.78, 5) is 22.5. The van der Waals surface area contributed by atoms with E-state index < -0.39 is 0 Å². The molecule has 0 heterocycles. The average molecular weight is 318 g/mol. The zero-order valence-electron chi connectivity index (χ0n) is 13.3. The van der Waals surface area contributed by atoms with Gasteiger partial charge in [0.1, 0.15) is 5.75 Å². The van der Waals surface area contributed by atoms with Gasteiger partial charge in [0.2, 0.25) is 0 Å². The van der Waals surface area contributed by atoms with Crippen molar-refractivity contribution < 1.29 is 14.7 Å².